The first-order chi connectivity index (χ1) is 10.5. The monoisotopic (exact) mass is 306 g/mol. The van der Waals surface area contributed by atoms with Gasteiger partial charge in [-0.3, -0.25) is 4.79 Å². The molecule has 0 aromatic carbocycles. The first-order valence-corrected chi connectivity index (χ1v) is 9.75. The Balaban J connectivity index is 0.000000693. The molecule has 4 saturated carbocycles. The van der Waals surface area contributed by atoms with Crippen LogP contribution in [-0.4, -0.2) is 17.0 Å². The van der Waals surface area contributed by atoms with Gasteiger partial charge in [-0.25, -0.2) is 0 Å². The number of fused-ring (bicyclic) bond motifs is 4. The second kappa shape index (κ2) is 6.26. The third-order valence-corrected chi connectivity index (χ3v) is 7.42. The van der Waals surface area contributed by atoms with Gasteiger partial charge < -0.3 is 5.11 Å². The molecule has 7 atom stereocenters. The quantitative estimate of drug-likeness (QED) is 0.710. The van der Waals surface area contributed by atoms with E-state index in [1.165, 1.54) is 32.1 Å². The average molecular weight is 306 g/mol. The second-order valence-corrected chi connectivity index (χ2v) is 8.60. The van der Waals surface area contributed by atoms with Crippen LogP contribution in [0.3, 0.4) is 0 Å². The molecular weight excluding hydrogens is 272 g/mol. The minimum absolute atomic E-state index is 0.0327. The molecule has 126 valence electrons. The molecule has 0 unspecified atom stereocenters. The van der Waals surface area contributed by atoms with Crippen LogP contribution in [0.25, 0.3) is 0 Å². The summed E-state index contributed by atoms with van der Waals surface area (Å²) in [5.74, 6) is 4.57. The van der Waals surface area contributed by atoms with E-state index in [-0.39, 0.29) is 6.10 Å². The third kappa shape index (κ3) is 2.77. The molecule has 0 amide bonds. The highest BCUT2D eigenvalue weighted by molar-refractivity contribution is 5.82. The number of Topliss-reactive ketones (excluding diaryl/α,β-unsaturated/α-hetero) is 1. The van der Waals surface area contributed by atoms with Crippen molar-refractivity contribution in [1.29, 1.82) is 0 Å². The Morgan fingerprint density at radius 2 is 1.73 bits per heavy atom. The Hall–Kier alpha value is -0.370. The minimum Gasteiger partial charge on any atom is -0.393 e. The predicted octanol–water partition coefficient (Wildman–Crippen LogP) is 4.60. The van der Waals surface area contributed by atoms with Crippen LogP contribution in [0.5, 0.6) is 0 Å². The van der Waals surface area contributed by atoms with Crippen molar-refractivity contribution in [2.75, 3.05) is 0 Å². The first-order valence-electron chi connectivity index (χ1n) is 9.75. The molecular formula is C20H34O2. The van der Waals surface area contributed by atoms with E-state index in [4.69, 9.17) is 0 Å². The number of ketones is 1. The second-order valence-electron chi connectivity index (χ2n) is 8.60. The van der Waals surface area contributed by atoms with Crippen LogP contribution >= 0.6 is 0 Å². The van der Waals surface area contributed by atoms with Gasteiger partial charge >= 0.3 is 0 Å². The molecule has 0 bridgehead atoms. The summed E-state index contributed by atoms with van der Waals surface area (Å²) in [5.41, 5.74) is 0.333. The number of aliphatic hydroxyl groups excluding tert-OH is 1. The zero-order valence-corrected chi connectivity index (χ0v) is 14.7. The van der Waals surface area contributed by atoms with Crippen LogP contribution < -0.4 is 0 Å². The molecule has 2 heteroatoms. The number of carbonyl (C=O) groups is 1. The van der Waals surface area contributed by atoms with Crippen LogP contribution in [0.4, 0.5) is 0 Å². The number of rotatable bonds is 0. The summed E-state index contributed by atoms with van der Waals surface area (Å²) in [6.45, 7) is 6.38. The van der Waals surface area contributed by atoms with Crippen molar-refractivity contribution >= 4 is 5.78 Å². The molecule has 4 rings (SSSR count). The van der Waals surface area contributed by atoms with E-state index in [1.54, 1.807) is 0 Å². The van der Waals surface area contributed by atoms with Gasteiger partial charge in [-0.1, -0.05) is 20.8 Å². The van der Waals surface area contributed by atoms with E-state index < -0.39 is 0 Å². The van der Waals surface area contributed by atoms with Crippen molar-refractivity contribution in [3.63, 3.8) is 0 Å². The van der Waals surface area contributed by atoms with E-state index in [9.17, 15) is 9.90 Å². The molecule has 2 nitrogen and oxygen atoms in total. The zero-order valence-electron chi connectivity index (χ0n) is 14.7. The van der Waals surface area contributed by atoms with Crippen LogP contribution in [0.1, 0.15) is 78.6 Å². The number of aliphatic hydroxyl groups is 1. The van der Waals surface area contributed by atoms with Gasteiger partial charge in [-0.05, 0) is 80.0 Å². The Kier molecular flexibility index (Phi) is 4.69. The van der Waals surface area contributed by atoms with Crippen molar-refractivity contribution in [3.05, 3.63) is 0 Å². The SMILES string of the molecule is CC.C[C@]12CC(=O)C[C@@H]1C[C@H]1[C@@H](CC[C@H]3C[C@H](O)CC[C@@H]31)C2. The van der Waals surface area contributed by atoms with Crippen LogP contribution in [0.15, 0.2) is 0 Å². The van der Waals surface area contributed by atoms with Crippen LogP contribution in [0, 0.1) is 35.0 Å². The average Bonchev–Trinajstić information content (AvgIpc) is 2.79. The van der Waals surface area contributed by atoms with Gasteiger partial charge in [0.1, 0.15) is 5.78 Å². The summed E-state index contributed by atoms with van der Waals surface area (Å²) >= 11 is 0. The zero-order chi connectivity index (χ0) is 15.9. The van der Waals surface area contributed by atoms with Crippen molar-refractivity contribution in [1.82, 2.24) is 0 Å². The highest BCUT2D eigenvalue weighted by atomic mass is 16.3. The Bertz CT molecular complexity index is 418. The molecule has 0 aromatic heterocycles. The van der Waals surface area contributed by atoms with E-state index in [0.29, 0.717) is 17.1 Å². The lowest BCUT2D eigenvalue weighted by Crippen LogP contribution is -2.46. The fraction of sp³-hybridized carbons (Fsp3) is 0.950. The molecule has 0 radical (unpaired) electrons. The predicted molar refractivity (Wildman–Crippen MR) is 89.5 cm³/mol. The normalized spacial score (nSPS) is 50.3. The lowest BCUT2D eigenvalue weighted by Gasteiger charge is -2.54. The Morgan fingerprint density at radius 3 is 2.50 bits per heavy atom. The summed E-state index contributed by atoms with van der Waals surface area (Å²) in [5, 5.41) is 9.93. The summed E-state index contributed by atoms with van der Waals surface area (Å²) in [6, 6.07) is 0. The lowest BCUT2D eigenvalue weighted by molar-refractivity contribution is -0.118. The number of hydrogen-bond acceptors (Lipinski definition) is 2. The smallest absolute Gasteiger partial charge is 0.133 e. The molecule has 0 heterocycles. The van der Waals surface area contributed by atoms with Gasteiger partial charge in [0.05, 0.1) is 6.10 Å². The fourth-order valence-electron chi connectivity index (χ4n) is 6.49. The maximum absolute atomic E-state index is 11.9. The fourth-order valence-corrected chi connectivity index (χ4v) is 6.49. The van der Waals surface area contributed by atoms with E-state index in [2.05, 4.69) is 6.92 Å². The summed E-state index contributed by atoms with van der Waals surface area (Å²) in [4.78, 5) is 11.9. The molecule has 4 aliphatic rings. The maximum atomic E-state index is 11.9. The van der Waals surface area contributed by atoms with E-state index in [1.807, 2.05) is 13.8 Å². The highest BCUT2D eigenvalue weighted by Gasteiger charge is 2.53. The van der Waals surface area contributed by atoms with Crippen molar-refractivity contribution in [2.45, 2.75) is 84.7 Å². The van der Waals surface area contributed by atoms with Crippen LogP contribution in [0.2, 0.25) is 0 Å². The van der Waals surface area contributed by atoms with Gasteiger partial charge in [-0.2, -0.15) is 0 Å². The molecule has 1 N–H and O–H groups in total. The molecule has 0 spiro atoms. The van der Waals surface area contributed by atoms with Gasteiger partial charge in [-0.15, -0.1) is 0 Å². The minimum atomic E-state index is -0.0327. The molecule has 0 saturated heterocycles. The Labute approximate surface area is 136 Å². The highest BCUT2D eigenvalue weighted by Crippen LogP contribution is 2.60. The summed E-state index contributed by atoms with van der Waals surface area (Å²) < 4.78 is 0. The number of carbonyl (C=O) groups excluding carboxylic acids is 1. The van der Waals surface area contributed by atoms with Gasteiger partial charge in [0.25, 0.3) is 0 Å². The Morgan fingerprint density at radius 1 is 1.00 bits per heavy atom. The standard InChI is InChI=1S/C18H28O2.C2H6/c1-18-9-12-3-2-11-6-14(19)4-5-16(11)17(12)8-13(18)7-15(20)10-18;1-2/h11-14,16-17,19H,2-10H2,1H3;1-2H3/t11-,12-,13+,14+,16-,17-,18-;/m0./s1. The topological polar surface area (TPSA) is 37.3 Å². The van der Waals surface area contributed by atoms with Gasteiger partial charge in [0.2, 0.25) is 0 Å². The molecule has 22 heavy (non-hydrogen) atoms. The van der Waals surface area contributed by atoms with Crippen molar-refractivity contribution in [2.24, 2.45) is 35.0 Å². The molecule has 0 aromatic rings. The molecule has 4 aliphatic carbocycles. The van der Waals surface area contributed by atoms with E-state index >= 15 is 0 Å². The number of hydrogen-bond donors (Lipinski definition) is 1. The van der Waals surface area contributed by atoms with Gasteiger partial charge in [0, 0.05) is 12.8 Å². The summed E-state index contributed by atoms with van der Waals surface area (Å²) in [6.07, 6.45) is 10.3. The van der Waals surface area contributed by atoms with Gasteiger partial charge in [0.15, 0.2) is 0 Å². The van der Waals surface area contributed by atoms with Crippen molar-refractivity contribution < 1.29 is 9.90 Å². The molecule has 4 fully saturated rings. The third-order valence-electron chi connectivity index (χ3n) is 7.42. The van der Waals surface area contributed by atoms with Crippen molar-refractivity contribution in [3.8, 4) is 0 Å². The lowest BCUT2D eigenvalue weighted by atomic mass is 9.51. The maximum Gasteiger partial charge on any atom is 0.133 e. The van der Waals surface area contributed by atoms with Crippen LogP contribution in [-0.2, 0) is 4.79 Å². The summed E-state index contributed by atoms with van der Waals surface area (Å²) in [7, 11) is 0. The first kappa shape index (κ1) is 16.5. The molecule has 0 aliphatic heterocycles. The largest absolute Gasteiger partial charge is 0.393 e. The van der Waals surface area contributed by atoms with E-state index in [0.717, 1.165) is 49.4 Å².